The molecule has 0 aromatic heterocycles. The topological polar surface area (TPSA) is 404 Å². The summed E-state index contributed by atoms with van der Waals surface area (Å²) in [7, 11) is 0. The number of anilines is 1. The molecule has 0 spiro atoms. The minimum absolute atomic E-state index is 0.0178. The zero-order chi connectivity index (χ0) is 77.8. The number of carbonyl (C=O) groups excluding carboxylic acids is 10. The van der Waals surface area contributed by atoms with Crippen molar-refractivity contribution in [2.45, 2.75) is 211 Å². The van der Waals surface area contributed by atoms with Crippen LogP contribution in [0.4, 0.5) is 28.9 Å². The highest BCUT2D eigenvalue weighted by Crippen LogP contribution is 2.69. The predicted octanol–water partition coefficient (Wildman–Crippen LogP) is 5.54. The van der Waals surface area contributed by atoms with Crippen LogP contribution in [0.25, 0.3) is 0 Å². The Morgan fingerprint density at radius 3 is 2.04 bits per heavy atom. The van der Waals surface area contributed by atoms with Crippen LogP contribution in [0.5, 0.6) is 0 Å². The summed E-state index contributed by atoms with van der Waals surface area (Å²) in [6.07, 6.45) is 1.64. The summed E-state index contributed by atoms with van der Waals surface area (Å²) in [5, 5.41) is 40.2. The first-order valence-corrected chi connectivity index (χ1v) is 37.7. The molecule has 1 aliphatic heterocycles. The summed E-state index contributed by atoms with van der Waals surface area (Å²) in [5.74, 6) is 0.446. The Kier molecular flexibility index (Phi) is 34.2. The number of Topliss-reactive ketones (excluding diaryl/α,β-unsaturated/α-hetero) is 1. The number of benzene rings is 1. The van der Waals surface area contributed by atoms with Gasteiger partial charge in [0.15, 0.2) is 24.3 Å². The lowest BCUT2D eigenvalue weighted by Crippen LogP contribution is -2.66. The molecule has 1 aromatic rings. The Morgan fingerprint density at radius 2 is 1.41 bits per heavy atom. The number of ether oxygens (including phenoxy) is 9. The van der Waals surface area contributed by atoms with Gasteiger partial charge in [0.2, 0.25) is 29.4 Å². The van der Waals surface area contributed by atoms with E-state index < -0.39 is 162 Å². The van der Waals surface area contributed by atoms with Crippen molar-refractivity contribution >= 4 is 65.1 Å². The van der Waals surface area contributed by atoms with Crippen LogP contribution < -0.4 is 43.0 Å². The first-order chi connectivity index (χ1) is 51.2. The smallest absolute Gasteiger partial charge is 0.408 e. The van der Waals surface area contributed by atoms with E-state index in [1.54, 1.807) is 40.7 Å². The van der Waals surface area contributed by atoms with Gasteiger partial charge in [-0.05, 0) is 135 Å². The Hall–Kier alpha value is -7.70. The highest BCUT2D eigenvalue weighted by Gasteiger charge is 2.77. The number of allylic oxidation sites excluding steroid dienone is 4. The van der Waals surface area contributed by atoms with Gasteiger partial charge in [-0.2, -0.15) is 0 Å². The number of alkyl carbamates (subject to hydrolysis) is 2. The van der Waals surface area contributed by atoms with E-state index in [4.69, 9.17) is 48.4 Å². The summed E-state index contributed by atoms with van der Waals surface area (Å²) in [5.41, 5.74) is 0.304. The molecule has 0 bridgehead atoms. The minimum Gasteiger partial charge on any atom is -0.456 e. The van der Waals surface area contributed by atoms with Gasteiger partial charge in [-0.25, -0.2) is 28.0 Å². The van der Waals surface area contributed by atoms with Gasteiger partial charge >= 0.3 is 24.2 Å². The lowest BCUT2D eigenvalue weighted by Gasteiger charge is -2.57. The standard InChI is InChI=1S/C76H112F2N8O21/c1-8-10-17-51(88)37-49-40-75(78)56(38-57(49)77)55-39-63-76(74(55,7)41-61(75)89,107-65(106-63)16-9-2)62(90)45-103-70(95)59(36-46(3)4)84-68(93)60(42-87)85-73(98)104-43-48-21-23-50(24-22-48)82-67(92)58(20-15-26-80-71(79)96)83-69(94)66(47(5)6)86-64(91)25-28-99-30-32-101-34-35-102-33-31-100-29-27-81-72(97)105-44-54-52-18-13-11-12-14-19-53(52)54/h10,17,21-24,37,46-47,52-61,63,65-66,87,89H,8-9,13-16,18-20,25-36,38-45H2,1-7H3,(H,81,97)(H,82,92)(H,83,94)(H,84,93)(H,85,98)(H,86,91)(H3,79,80,96)/b17-10-,49-37+/t52-,53+,54?,55-,56-,57-,58-,59-,60-,61-,63+,65?,66-,74-,75-,76+/m0/s1. The average molecular weight is 1510 g/mol. The second-order valence-corrected chi connectivity index (χ2v) is 29.3. The van der Waals surface area contributed by atoms with Gasteiger partial charge in [-0.3, -0.25) is 28.8 Å². The number of nitrogens with two attached hydrogens (primary N) is 1. The fourth-order valence-electron chi connectivity index (χ4n) is 15.3. The molecule has 29 nitrogen and oxygen atoms in total. The van der Waals surface area contributed by atoms with Crippen molar-refractivity contribution < 1.29 is 110 Å². The lowest BCUT2D eigenvalue weighted by molar-refractivity contribution is -0.217. The molecule has 7 rings (SSSR count). The first kappa shape index (κ1) is 86.5. The van der Waals surface area contributed by atoms with E-state index >= 15 is 8.78 Å². The number of aliphatic hydroxyl groups is 2. The zero-order valence-corrected chi connectivity index (χ0v) is 62.7. The van der Waals surface area contributed by atoms with E-state index in [1.807, 2.05) is 13.8 Å². The second kappa shape index (κ2) is 42.3. The maximum absolute atomic E-state index is 17.4. The zero-order valence-electron chi connectivity index (χ0n) is 62.7. The van der Waals surface area contributed by atoms with Crippen LogP contribution >= 0.6 is 0 Å². The third-order valence-corrected chi connectivity index (χ3v) is 20.9. The van der Waals surface area contributed by atoms with Crippen molar-refractivity contribution in [3.63, 3.8) is 0 Å². The van der Waals surface area contributed by atoms with Crippen LogP contribution in [-0.2, 0) is 82.8 Å². The minimum atomic E-state index is -2.35. The van der Waals surface area contributed by atoms with Crippen molar-refractivity contribution in [2.75, 3.05) is 91.1 Å². The van der Waals surface area contributed by atoms with Crippen LogP contribution in [0.3, 0.4) is 0 Å². The predicted molar refractivity (Wildman–Crippen MR) is 384 cm³/mol. The van der Waals surface area contributed by atoms with Crippen molar-refractivity contribution in [1.29, 1.82) is 0 Å². The Bertz CT molecular complexity index is 3280. The first-order valence-electron chi connectivity index (χ1n) is 37.7. The Morgan fingerprint density at radius 1 is 0.757 bits per heavy atom. The van der Waals surface area contributed by atoms with Crippen LogP contribution in [-0.4, -0.2) is 215 Å². The van der Waals surface area contributed by atoms with E-state index in [9.17, 15) is 58.2 Å². The molecule has 8 amide bonds. The van der Waals surface area contributed by atoms with Crippen LogP contribution in [0.15, 0.2) is 48.1 Å². The molecule has 1 heterocycles. The van der Waals surface area contributed by atoms with Crippen molar-refractivity contribution in [3.8, 4) is 11.8 Å². The molecule has 5 aliphatic carbocycles. The number of carbonyl (C=O) groups is 10. The monoisotopic (exact) mass is 1510 g/mol. The second-order valence-electron chi connectivity index (χ2n) is 29.3. The van der Waals surface area contributed by atoms with Gasteiger partial charge in [0.25, 0.3) is 0 Å². The normalized spacial score (nSPS) is 26.9. The third kappa shape index (κ3) is 24.7. The summed E-state index contributed by atoms with van der Waals surface area (Å²) in [4.78, 5) is 132. The van der Waals surface area contributed by atoms with Crippen molar-refractivity contribution in [1.82, 2.24) is 31.9 Å². The molecule has 2 unspecified atom stereocenters. The Balaban J connectivity index is 0.811. The SMILES string of the molecule is CC/C=C\C(=O)/C=C1\C[C@@]2(F)[C@@H](O)C[C@@]3(C)[C@@H](C[C@H]4OC(CCC)O[C@]43C(=O)COC(=O)[C@H](CC(C)C)NC(=O)[C@H](CO)NC(=O)OCc3ccc(NC(=O)[C@H](CCCNC(N)=O)NC(=O)[C@@H](NC(=O)CCOCCOCCOCCOCCNC(=O)OCC4[C@H]5CCC#CCC[C@@H]45)C(C)C)cc3)[C@@H]2C[C@@H]1F. The molecule has 4 saturated carbocycles. The van der Waals surface area contributed by atoms with Crippen LogP contribution in [0.2, 0.25) is 0 Å². The number of halogens is 2. The molecule has 11 N–H and O–H groups in total. The quantitative estimate of drug-likeness (QED) is 0.0126. The van der Waals surface area contributed by atoms with E-state index in [-0.39, 0.29) is 95.1 Å². The van der Waals surface area contributed by atoms with Gasteiger partial charge < -0.3 is 95.8 Å². The lowest BCUT2D eigenvalue weighted by atomic mass is 9.50. The number of esters is 1. The van der Waals surface area contributed by atoms with E-state index in [0.717, 1.165) is 31.8 Å². The number of alkyl halides is 2. The molecule has 16 atom stereocenters. The number of ketones is 2. The molecule has 1 aromatic carbocycles. The van der Waals surface area contributed by atoms with Gasteiger partial charge in [0, 0.05) is 55.8 Å². The summed E-state index contributed by atoms with van der Waals surface area (Å²) in [6, 6.07) is -0.0262. The summed E-state index contributed by atoms with van der Waals surface area (Å²) < 4.78 is 84.9. The van der Waals surface area contributed by atoms with Crippen LogP contribution in [0.1, 0.15) is 150 Å². The fourth-order valence-corrected chi connectivity index (χ4v) is 15.3. The van der Waals surface area contributed by atoms with Gasteiger partial charge in [0.05, 0.1) is 78.3 Å². The maximum Gasteiger partial charge on any atom is 0.408 e. The van der Waals surface area contributed by atoms with Gasteiger partial charge in [-0.15, -0.1) is 11.8 Å². The van der Waals surface area contributed by atoms with E-state index in [2.05, 4.69) is 49.1 Å². The van der Waals surface area contributed by atoms with Crippen molar-refractivity contribution in [2.24, 2.45) is 52.6 Å². The molecule has 6 aliphatic rings. The number of nitrogens with one attached hydrogen (secondary N) is 7. The molecule has 1 saturated heterocycles. The third-order valence-electron chi connectivity index (χ3n) is 20.9. The van der Waals surface area contributed by atoms with E-state index in [1.165, 1.54) is 30.3 Å². The average Bonchev–Trinajstić information content (AvgIpc) is 1.53. The molecule has 5 fully saturated rings. The highest BCUT2D eigenvalue weighted by molar-refractivity contribution is 6.00. The Labute approximate surface area is 624 Å². The molecule has 596 valence electrons. The fraction of sp³-hybridized carbons (Fsp3) is 0.711. The van der Waals surface area contributed by atoms with E-state index in [0.29, 0.717) is 88.8 Å². The number of hydrogen-bond donors (Lipinski definition) is 10. The number of urea groups is 1. The number of hydrogen-bond acceptors (Lipinski definition) is 21. The van der Waals surface area contributed by atoms with Crippen LogP contribution in [0, 0.1) is 58.7 Å². The van der Waals surface area contributed by atoms with Crippen molar-refractivity contribution in [3.05, 3.63) is 53.6 Å². The molecule has 31 heteroatoms. The molecular formula is C76H112F2N8O21. The number of rotatable bonds is 44. The highest BCUT2D eigenvalue weighted by atomic mass is 19.1. The number of fused-ring (bicyclic) bond motifs is 6. The van der Waals surface area contributed by atoms with Gasteiger partial charge in [-0.1, -0.05) is 73.1 Å². The maximum atomic E-state index is 17.4. The summed E-state index contributed by atoms with van der Waals surface area (Å²) >= 11 is 0. The molecular weight excluding hydrogens is 1400 g/mol. The summed E-state index contributed by atoms with van der Waals surface area (Å²) in [6.45, 7) is 13.0. The van der Waals surface area contributed by atoms with Gasteiger partial charge in [0.1, 0.15) is 42.6 Å². The largest absolute Gasteiger partial charge is 0.456 e. The molecule has 107 heavy (non-hydrogen) atoms. The number of primary amides is 1. The number of aliphatic hydroxyl groups excluding tert-OH is 2. The number of amides is 8. The molecule has 0 radical (unpaired) electrons.